The number of benzene rings is 1. The molecule has 3 saturated heterocycles. The van der Waals surface area contributed by atoms with Gasteiger partial charge in [-0.25, -0.2) is 0 Å². The van der Waals surface area contributed by atoms with Gasteiger partial charge in [-0.3, -0.25) is 9.59 Å². The van der Waals surface area contributed by atoms with Gasteiger partial charge in [0.15, 0.2) is 11.6 Å². The first-order chi connectivity index (χ1) is 20.7. The first-order valence-corrected chi connectivity index (χ1v) is 16.0. The van der Waals surface area contributed by atoms with Gasteiger partial charge in [-0.2, -0.15) is 5.26 Å². The fourth-order valence-corrected chi connectivity index (χ4v) is 6.84. The van der Waals surface area contributed by atoms with Crippen LogP contribution in [0.15, 0.2) is 34.9 Å². The molecule has 1 aromatic heterocycles. The van der Waals surface area contributed by atoms with E-state index in [9.17, 15) is 14.7 Å². The number of hydrogen-bond acceptors (Lipinski definition) is 8. The molecule has 2 amide bonds. The van der Waals surface area contributed by atoms with Gasteiger partial charge >= 0.3 is 0 Å². The number of anilines is 1. The van der Waals surface area contributed by atoms with Crippen molar-refractivity contribution in [3.8, 4) is 6.07 Å². The molecule has 3 aliphatic heterocycles. The van der Waals surface area contributed by atoms with Gasteiger partial charge in [0.2, 0.25) is 11.8 Å². The Morgan fingerprint density at radius 2 is 1.74 bits per heavy atom. The summed E-state index contributed by atoms with van der Waals surface area (Å²) in [6.07, 6.45) is 5.16. The van der Waals surface area contributed by atoms with Crippen LogP contribution in [-0.4, -0.2) is 83.3 Å². The quantitative estimate of drug-likeness (QED) is 0.452. The van der Waals surface area contributed by atoms with E-state index in [1.54, 1.807) is 17.0 Å². The Morgan fingerprint density at radius 3 is 2.40 bits per heavy atom. The maximum absolute atomic E-state index is 14.0. The molecule has 5 rings (SSSR count). The molecule has 0 spiro atoms. The van der Waals surface area contributed by atoms with E-state index in [1.165, 1.54) is 0 Å². The molecule has 0 bridgehead atoms. The lowest BCUT2D eigenvalue weighted by atomic mass is 9.91. The van der Waals surface area contributed by atoms with Crippen LogP contribution in [0.25, 0.3) is 0 Å². The van der Waals surface area contributed by atoms with Gasteiger partial charge in [0.25, 0.3) is 0 Å². The van der Waals surface area contributed by atoms with Crippen molar-refractivity contribution in [2.45, 2.75) is 83.4 Å². The number of carbonyl (C=O) groups is 2. The molecule has 0 radical (unpaired) electrons. The molecule has 3 atom stereocenters. The Labute approximate surface area is 255 Å². The molecule has 0 aliphatic carbocycles. The molecular weight excluding hydrogens is 544 g/mol. The number of amides is 2. The summed E-state index contributed by atoms with van der Waals surface area (Å²) >= 11 is 0. The topological polar surface area (TPSA) is 126 Å². The molecule has 3 fully saturated rings. The van der Waals surface area contributed by atoms with E-state index in [0.29, 0.717) is 30.2 Å². The van der Waals surface area contributed by atoms with Crippen LogP contribution in [0.5, 0.6) is 0 Å². The predicted molar refractivity (Wildman–Crippen MR) is 163 cm³/mol. The Kier molecular flexibility index (Phi) is 10.0. The van der Waals surface area contributed by atoms with Gasteiger partial charge < -0.3 is 29.6 Å². The Morgan fingerprint density at radius 1 is 1.05 bits per heavy atom. The number of piperidine rings is 2. The number of nitrogens with one attached hydrogen (secondary N) is 1. The van der Waals surface area contributed by atoms with Gasteiger partial charge in [-0.15, -0.1) is 0 Å². The molecule has 3 aliphatic rings. The standard InChI is InChI=1S/C33H46N6O4/c1-22(2)31(29-19-30(36-43-29)38-17-10-25(11-18-38)21-37-15-12-27(40)13-16-37)33(42)39-14-4-5-28(39)32(41)35-23(3)26-8-6-24(20-34)7-9-26/h6-9,19,22-23,25,27-28,31,40H,4-5,10-18,21H2,1-3H3,(H,35,41). The zero-order valence-electron chi connectivity index (χ0n) is 25.7. The minimum Gasteiger partial charge on any atom is -0.393 e. The number of likely N-dealkylation sites (tertiary alicyclic amines) is 2. The second kappa shape index (κ2) is 13.9. The van der Waals surface area contributed by atoms with E-state index in [2.05, 4.69) is 26.3 Å². The maximum Gasteiger partial charge on any atom is 0.243 e. The van der Waals surface area contributed by atoms with Gasteiger partial charge in [-0.05, 0) is 75.0 Å². The minimum atomic E-state index is -0.529. The van der Waals surface area contributed by atoms with Gasteiger partial charge in [-0.1, -0.05) is 31.1 Å². The fourth-order valence-electron chi connectivity index (χ4n) is 6.84. The van der Waals surface area contributed by atoms with Crippen molar-refractivity contribution >= 4 is 17.6 Å². The molecule has 43 heavy (non-hydrogen) atoms. The summed E-state index contributed by atoms with van der Waals surface area (Å²) in [5.74, 6) is 1.18. The van der Waals surface area contributed by atoms with Crippen LogP contribution < -0.4 is 10.2 Å². The molecule has 1 aromatic carbocycles. The summed E-state index contributed by atoms with van der Waals surface area (Å²) < 4.78 is 5.82. The number of hydrogen-bond donors (Lipinski definition) is 2. The summed E-state index contributed by atoms with van der Waals surface area (Å²) in [6.45, 7) is 11.3. The lowest BCUT2D eigenvalue weighted by Crippen LogP contribution is -2.48. The lowest BCUT2D eigenvalue weighted by molar-refractivity contribution is -0.141. The molecule has 4 heterocycles. The van der Waals surface area contributed by atoms with Gasteiger partial charge in [0, 0.05) is 45.3 Å². The zero-order valence-corrected chi connectivity index (χ0v) is 25.7. The Bertz CT molecular complexity index is 1270. The number of nitrogens with zero attached hydrogens (tertiary/aromatic N) is 5. The van der Waals surface area contributed by atoms with Crippen molar-refractivity contribution < 1.29 is 19.2 Å². The van der Waals surface area contributed by atoms with E-state index in [0.717, 1.165) is 76.2 Å². The van der Waals surface area contributed by atoms with Crippen molar-refractivity contribution in [3.63, 3.8) is 0 Å². The fraction of sp³-hybridized carbons (Fsp3) is 0.636. The number of aliphatic hydroxyl groups excluding tert-OH is 1. The highest BCUT2D eigenvalue weighted by Gasteiger charge is 2.40. The van der Waals surface area contributed by atoms with Crippen LogP contribution in [0.3, 0.4) is 0 Å². The normalized spacial score (nSPS) is 22.0. The van der Waals surface area contributed by atoms with Crippen molar-refractivity contribution in [1.82, 2.24) is 20.3 Å². The second-order valence-electron chi connectivity index (χ2n) is 12.9. The predicted octanol–water partition coefficient (Wildman–Crippen LogP) is 3.83. The molecule has 232 valence electrons. The van der Waals surface area contributed by atoms with Crippen molar-refractivity contribution in [1.29, 1.82) is 5.26 Å². The highest BCUT2D eigenvalue weighted by molar-refractivity contribution is 5.91. The van der Waals surface area contributed by atoms with E-state index in [1.807, 2.05) is 39.0 Å². The average Bonchev–Trinajstić information content (AvgIpc) is 3.69. The Hall–Kier alpha value is -3.42. The number of aliphatic hydroxyl groups is 1. The first-order valence-electron chi connectivity index (χ1n) is 16.0. The molecule has 10 nitrogen and oxygen atoms in total. The monoisotopic (exact) mass is 590 g/mol. The number of carbonyl (C=O) groups excluding carboxylic acids is 2. The third kappa shape index (κ3) is 7.39. The van der Waals surface area contributed by atoms with Crippen molar-refractivity contribution in [2.75, 3.05) is 44.2 Å². The molecule has 2 N–H and O–H groups in total. The summed E-state index contributed by atoms with van der Waals surface area (Å²) in [7, 11) is 0. The van der Waals surface area contributed by atoms with E-state index < -0.39 is 12.0 Å². The number of rotatable bonds is 9. The highest BCUT2D eigenvalue weighted by atomic mass is 16.5. The van der Waals surface area contributed by atoms with E-state index >= 15 is 0 Å². The zero-order chi connectivity index (χ0) is 30.5. The number of nitriles is 1. The van der Waals surface area contributed by atoms with Crippen LogP contribution in [0, 0.1) is 23.2 Å². The SMILES string of the molecule is CC(NC(=O)C1CCCN1C(=O)C(c1cc(N2CCC(CN3CCC(O)CC3)CC2)no1)C(C)C)c1ccc(C#N)cc1. The maximum atomic E-state index is 14.0. The van der Waals surface area contributed by atoms with Gasteiger partial charge in [0.1, 0.15) is 12.0 Å². The summed E-state index contributed by atoms with van der Waals surface area (Å²) in [6, 6.07) is 10.4. The molecule has 0 saturated carbocycles. The lowest BCUT2D eigenvalue weighted by Gasteiger charge is -2.36. The van der Waals surface area contributed by atoms with Gasteiger partial charge in [0.05, 0.1) is 23.8 Å². The van der Waals surface area contributed by atoms with Crippen LogP contribution in [0.4, 0.5) is 5.82 Å². The van der Waals surface area contributed by atoms with Crippen molar-refractivity contribution in [3.05, 3.63) is 47.2 Å². The molecule has 2 aromatic rings. The summed E-state index contributed by atoms with van der Waals surface area (Å²) in [5.41, 5.74) is 1.48. The second-order valence-corrected chi connectivity index (χ2v) is 12.9. The third-order valence-electron chi connectivity index (χ3n) is 9.50. The average molecular weight is 591 g/mol. The van der Waals surface area contributed by atoms with Crippen LogP contribution in [-0.2, 0) is 9.59 Å². The Balaban J connectivity index is 1.18. The minimum absolute atomic E-state index is 0.0241. The largest absolute Gasteiger partial charge is 0.393 e. The highest BCUT2D eigenvalue weighted by Crippen LogP contribution is 2.34. The van der Waals surface area contributed by atoms with Crippen LogP contribution in [0.1, 0.15) is 88.1 Å². The van der Waals surface area contributed by atoms with Crippen LogP contribution in [0.2, 0.25) is 0 Å². The van der Waals surface area contributed by atoms with E-state index in [4.69, 9.17) is 9.78 Å². The molecular formula is C33H46N6O4. The smallest absolute Gasteiger partial charge is 0.243 e. The molecule has 10 heteroatoms. The third-order valence-corrected chi connectivity index (χ3v) is 9.50. The summed E-state index contributed by atoms with van der Waals surface area (Å²) in [4.78, 5) is 33.8. The van der Waals surface area contributed by atoms with Crippen molar-refractivity contribution in [2.24, 2.45) is 11.8 Å². The first kappa shape index (κ1) is 31.0. The number of aromatic nitrogens is 1. The van der Waals surface area contributed by atoms with Crippen LogP contribution >= 0.6 is 0 Å². The summed E-state index contributed by atoms with van der Waals surface area (Å²) in [5, 5.41) is 26.3. The van der Waals surface area contributed by atoms with E-state index in [-0.39, 0.29) is 29.9 Å². The molecule has 3 unspecified atom stereocenters.